The minimum Gasteiger partial charge on any atom is -0.437 e. The fourth-order valence-corrected chi connectivity index (χ4v) is 5.68. The first kappa shape index (κ1) is 42.1. The quantitative estimate of drug-likeness (QED) is 0.106. The highest BCUT2D eigenvalue weighted by molar-refractivity contribution is 6.06. The highest BCUT2D eigenvalue weighted by atomic mass is 16.7. The summed E-state index contributed by atoms with van der Waals surface area (Å²) >= 11 is 0. The number of rotatable bonds is 4. The number of aromatic amines is 1. The van der Waals surface area contributed by atoms with Gasteiger partial charge in [-0.3, -0.25) is 9.59 Å². The van der Waals surface area contributed by atoms with Gasteiger partial charge < -0.3 is 35.0 Å². The van der Waals surface area contributed by atoms with Gasteiger partial charge >= 0.3 is 12.3 Å². The first-order chi connectivity index (χ1) is 24.3. The lowest BCUT2D eigenvalue weighted by Crippen LogP contribution is -2.25. The predicted octanol–water partition coefficient (Wildman–Crippen LogP) is 9.53. The molecule has 0 saturated carbocycles. The number of nitrogen functional groups attached to an aromatic ring is 1. The molecule has 4 aromatic rings. The zero-order chi connectivity index (χ0) is 40.3. The van der Waals surface area contributed by atoms with Crippen LogP contribution in [0.1, 0.15) is 116 Å². The molecule has 0 saturated heterocycles. The number of para-hydroxylation sites is 1. The van der Waals surface area contributed by atoms with Gasteiger partial charge in [0.2, 0.25) is 5.43 Å². The van der Waals surface area contributed by atoms with E-state index in [1.807, 2.05) is 59.7 Å². The predicted molar refractivity (Wildman–Crippen MR) is 211 cm³/mol. The number of H-pyrrole nitrogens is 1. The van der Waals surface area contributed by atoms with Gasteiger partial charge in [0.25, 0.3) is 5.91 Å². The lowest BCUT2D eigenvalue weighted by atomic mass is 9.79. The fraction of sp³-hybridized carbons (Fsp3) is 0.429. The van der Waals surface area contributed by atoms with Crippen molar-refractivity contribution < 1.29 is 33.3 Å². The fourth-order valence-electron chi connectivity index (χ4n) is 5.68. The minimum atomic E-state index is -0.854. The largest absolute Gasteiger partial charge is 0.513 e. The molecule has 0 aliphatic carbocycles. The third-order valence-corrected chi connectivity index (χ3v) is 8.50. The Morgan fingerprint density at radius 2 is 1.09 bits per heavy atom. The number of amides is 1. The second-order valence-electron chi connectivity index (χ2n) is 17.0. The summed E-state index contributed by atoms with van der Waals surface area (Å²) in [6.45, 7) is 24.6. The van der Waals surface area contributed by atoms with Crippen molar-refractivity contribution in [3.8, 4) is 11.5 Å². The van der Waals surface area contributed by atoms with E-state index >= 15 is 0 Å². The van der Waals surface area contributed by atoms with E-state index in [2.05, 4.69) is 61.3 Å². The molecule has 0 spiro atoms. The Labute approximate surface area is 312 Å². The van der Waals surface area contributed by atoms with E-state index in [1.54, 1.807) is 30.3 Å². The Morgan fingerprint density at radius 3 is 1.57 bits per heavy atom. The molecular formula is C42H55N3O8. The summed E-state index contributed by atoms with van der Waals surface area (Å²) in [7, 11) is 2.52. The number of nitrogens with one attached hydrogen (secondary N) is 2. The highest BCUT2D eigenvalue weighted by Crippen LogP contribution is 2.41. The van der Waals surface area contributed by atoms with E-state index in [0.29, 0.717) is 28.0 Å². The molecule has 0 bridgehead atoms. The number of benzene rings is 3. The summed E-state index contributed by atoms with van der Waals surface area (Å²) in [5.41, 5.74) is 10.1. The number of methoxy groups -OCH3 is 2. The zero-order valence-corrected chi connectivity index (χ0v) is 33.5. The molecule has 0 radical (unpaired) electrons. The second-order valence-corrected chi connectivity index (χ2v) is 17.0. The standard InChI is InChI=1S/C26H30N2O5.C16H25NO3/c1-25(2,3)17-12-18(26(4,5)6)21(33-24(31)32-7)13-20(17)28-23(30)16-14-27-19-11-9-8-10-15(19)22(16)29;1-15(2,3)10-8-11(16(4,5)6)13(9-12(10)17)20-14(18)19-7/h8-14H,1-7H3,(H,27,29)(H,28,30);8-9H,17H2,1-7H3. The summed E-state index contributed by atoms with van der Waals surface area (Å²) in [5, 5.41) is 3.29. The minimum absolute atomic E-state index is 0.0103. The molecule has 4 rings (SSSR count). The summed E-state index contributed by atoms with van der Waals surface area (Å²) in [6, 6.07) is 14.3. The number of fused-ring (bicyclic) bond motifs is 1. The molecule has 0 unspecified atom stereocenters. The number of nitrogens with two attached hydrogens (primary N) is 1. The first-order valence-electron chi connectivity index (χ1n) is 17.4. The Bertz CT molecular complexity index is 2050. The van der Waals surface area contributed by atoms with Crippen LogP contribution in [0.15, 0.2) is 59.5 Å². The molecule has 3 aromatic carbocycles. The van der Waals surface area contributed by atoms with Crippen molar-refractivity contribution in [2.24, 2.45) is 0 Å². The lowest BCUT2D eigenvalue weighted by molar-refractivity contribution is 0.102. The number of anilines is 2. The summed E-state index contributed by atoms with van der Waals surface area (Å²) < 4.78 is 19.9. The molecule has 286 valence electrons. The monoisotopic (exact) mass is 729 g/mol. The number of hydrogen-bond donors (Lipinski definition) is 3. The normalized spacial score (nSPS) is 12.0. The van der Waals surface area contributed by atoms with E-state index in [9.17, 15) is 19.2 Å². The summed E-state index contributed by atoms with van der Waals surface area (Å²) in [5.74, 6) is 0.181. The highest BCUT2D eigenvalue weighted by Gasteiger charge is 2.29. The van der Waals surface area contributed by atoms with Crippen molar-refractivity contribution in [3.63, 3.8) is 0 Å². The van der Waals surface area contributed by atoms with Crippen molar-refractivity contribution in [2.45, 2.75) is 105 Å². The molecule has 4 N–H and O–H groups in total. The molecular weight excluding hydrogens is 674 g/mol. The molecule has 0 fully saturated rings. The SMILES string of the molecule is COC(=O)Oc1cc(N)c(C(C)(C)C)cc1C(C)(C)C.COC(=O)Oc1cc(NC(=O)c2c[nH]c3ccccc3c2=O)c(C(C)(C)C)cc1C(C)(C)C. The number of pyridine rings is 1. The van der Waals surface area contributed by atoms with Gasteiger partial charge in [-0.1, -0.05) is 95.2 Å². The van der Waals surface area contributed by atoms with Crippen molar-refractivity contribution in [3.05, 3.63) is 92.8 Å². The van der Waals surface area contributed by atoms with E-state index in [1.165, 1.54) is 20.4 Å². The van der Waals surface area contributed by atoms with E-state index in [0.717, 1.165) is 22.3 Å². The van der Waals surface area contributed by atoms with Crippen LogP contribution in [-0.4, -0.2) is 37.4 Å². The van der Waals surface area contributed by atoms with Crippen LogP contribution in [0.2, 0.25) is 0 Å². The van der Waals surface area contributed by atoms with Crippen LogP contribution in [0, 0.1) is 0 Å². The zero-order valence-electron chi connectivity index (χ0n) is 33.5. The average molecular weight is 730 g/mol. The topological polar surface area (TPSA) is 159 Å². The Kier molecular flexibility index (Phi) is 12.5. The number of carbonyl (C=O) groups is 3. The van der Waals surface area contributed by atoms with Crippen molar-refractivity contribution >= 4 is 40.5 Å². The van der Waals surface area contributed by atoms with Gasteiger partial charge in [0.1, 0.15) is 17.1 Å². The van der Waals surface area contributed by atoms with Crippen molar-refractivity contribution in [1.82, 2.24) is 4.98 Å². The van der Waals surface area contributed by atoms with Crippen molar-refractivity contribution in [1.29, 1.82) is 0 Å². The summed E-state index contributed by atoms with van der Waals surface area (Å²) in [4.78, 5) is 52.3. The smallest absolute Gasteiger partial charge is 0.437 e. The Balaban J connectivity index is 0.000000324. The summed E-state index contributed by atoms with van der Waals surface area (Å²) in [6.07, 6.45) is -0.183. The number of ether oxygens (including phenoxy) is 4. The molecule has 1 amide bonds. The Morgan fingerprint density at radius 1 is 0.642 bits per heavy atom. The van der Waals surface area contributed by atoms with Gasteiger partial charge in [-0.05, 0) is 57.1 Å². The molecule has 0 atom stereocenters. The molecule has 53 heavy (non-hydrogen) atoms. The molecule has 11 heteroatoms. The van der Waals surface area contributed by atoms with Crippen LogP contribution in [0.3, 0.4) is 0 Å². The second kappa shape index (κ2) is 15.7. The lowest BCUT2D eigenvalue weighted by Gasteiger charge is -2.29. The molecule has 0 aliphatic rings. The van der Waals surface area contributed by atoms with Crippen LogP contribution in [0.25, 0.3) is 10.9 Å². The molecule has 1 heterocycles. The van der Waals surface area contributed by atoms with Gasteiger partial charge in [0.05, 0.1) is 14.2 Å². The molecule has 1 aromatic heterocycles. The number of hydrogen-bond acceptors (Lipinski definition) is 9. The van der Waals surface area contributed by atoms with Gasteiger partial charge in [-0.2, -0.15) is 0 Å². The van der Waals surface area contributed by atoms with Gasteiger partial charge in [-0.15, -0.1) is 0 Å². The third kappa shape index (κ3) is 10.4. The maximum absolute atomic E-state index is 13.2. The van der Waals surface area contributed by atoms with E-state index in [-0.39, 0.29) is 38.4 Å². The van der Waals surface area contributed by atoms with E-state index < -0.39 is 18.2 Å². The van der Waals surface area contributed by atoms with Crippen molar-refractivity contribution in [2.75, 3.05) is 25.3 Å². The first-order valence-corrected chi connectivity index (χ1v) is 17.4. The maximum atomic E-state index is 13.2. The van der Waals surface area contributed by atoms with Crippen LogP contribution < -0.4 is 26.0 Å². The average Bonchev–Trinajstić information content (AvgIpc) is 3.03. The third-order valence-electron chi connectivity index (χ3n) is 8.50. The molecule has 11 nitrogen and oxygen atoms in total. The Hall–Kier alpha value is -5.32. The van der Waals surface area contributed by atoms with Crippen LogP contribution in [0.4, 0.5) is 21.0 Å². The maximum Gasteiger partial charge on any atom is 0.513 e. The van der Waals surface area contributed by atoms with Gasteiger partial charge in [0.15, 0.2) is 0 Å². The van der Waals surface area contributed by atoms with E-state index in [4.69, 9.17) is 15.2 Å². The number of carbonyl (C=O) groups excluding carboxylic acids is 3. The van der Waals surface area contributed by atoms with Crippen LogP contribution in [0.5, 0.6) is 11.5 Å². The van der Waals surface area contributed by atoms with Gasteiger partial charge in [-0.25, -0.2) is 9.59 Å². The van der Waals surface area contributed by atoms with Crippen LogP contribution in [-0.2, 0) is 31.1 Å². The van der Waals surface area contributed by atoms with Crippen LogP contribution >= 0.6 is 0 Å². The number of aromatic nitrogens is 1. The van der Waals surface area contributed by atoms with Gasteiger partial charge in [0, 0.05) is 51.7 Å². The molecule has 0 aliphatic heterocycles.